The fraction of sp³-hybridized carbons (Fsp3) is 0.316. The molecule has 1 aliphatic rings. The highest BCUT2D eigenvalue weighted by Gasteiger charge is 2.15. The molecule has 0 atom stereocenters. The van der Waals surface area contributed by atoms with Crippen LogP contribution in [-0.2, 0) is 20.1 Å². The van der Waals surface area contributed by atoms with Gasteiger partial charge in [0.25, 0.3) is 0 Å². The maximum atomic E-state index is 6.34. The van der Waals surface area contributed by atoms with Gasteiger partial charge in [-0.1, -0.05) is 23.7 Å². The minimum atomic E-state index is 0.604. The molecule has 0 amide bonds. The van der Waals surface area contributed by atoms with Crippen LogP contribution in [0.2, 0.25) is 5.02 Å². The molecule has 0 saturated heterocycles. The van der Waals surface area contributed by atoms with E-state index in [1.807, 2.05) is 30.1 Å². The van der Waals surface area contributed by atoms with Gasteiger partial charge in [-0.25, -0.2) is 0 Å². The third kappa shape index (κ3) is 3.43. The molecule has 2 heterocycles. The zero-order valence-corrected chi connectivity index (χ0v) is 14.8. The Kier molecular flexibility index (Phi) is 4.51. The number of nitrogens with one attached hydrogen (secondary N) is 1. The molecule has 2 aromatic carbocycles. The molecule has 0 radical (unpaired) electrons. The maximum absolute atomic E-state index is 6.34. The van der Waals surface area contributed by atoms with Crippen LogP contribution in [0, 0.1) is 0 Å². The highest BCUT2D eigenvalue weighted by Crippen LogP contribution is 2.37. The van der Waals surface area contributed by atoms with Crippen LogP contribution in [0.5, 0.6) is 11.5 Å². The van der Waals surface area contributed by atoms with Crippen LogP contribution >= 0.6 is 11.6 Å². The lowest BCUT2D eigenvalue weighted by atomic mass is 10.1. The molecule has 0 bridgehead atoms. The molecule has 3 aromatic rings. The van der Waals surface area contributed by atoms with E-state index in [2.05, 4.69) is 28.6 Å². The third-order valence-electron chi connectivity index (χ3n) is 4.33. The largest absolute Gasteiger partial charge is 0.489 e. The number of aryl methyl sites for hydroxylation is 1. The van der Waals surface area contributed by atoms with Crippen molar-refractivity contribution < 1.29 is 9.47 Å². The van der Waals surface area contributed by atoms with Crippen LogP contribution in [0.3, 0.4) is 0 Å². The predicted octanol–water partition coefficient (Wildman–Crippen LogP) is 3.68. The average molecular weight is 358 g/mol. The molecule has 4 rings (SSSR count). The van der Waals surface area contributed by atoms with Gasteiger partial charge in [0.15, 0.2) is 11.5 Å². The lowest BCUT2D eigenvalue weighted by molar-refractivity contribution is 0.297. The summed E-state index contributed by atoms with van der Waals surface area (Å²) in [5.74, 6) is 1.39. The highest BCUT2D eigenvalue weighted by molar-refractivity contribution is 6.32. The van der Waals surface area contributed by atoms with Crippen molar-refractivity contribution in [3.05, 3.63) is 52.7 Å². The first-order valence-electron chi connectivity index (χ1n) is 8.40. The Hall–Kier alpha value is -2.24. The first kappa shape index (κ1) is 16.2. The van der Waals surface area contributed by atoms with Gasteiger partial charge in [0.2, 0.25) is 0 Å². The summed E-state index contributed by atoms with van der Waals surface area (Å²) in [6.45, 7) is 2.78. The predicted molar refractivity (Wildman–Crippen MR) is 98.3 cm³/mol. The molecule has 130 valence electrons. The molecule has 0 aliphatic carbocycles. The topological polar surface area (TPSA) is 48.3 Å². The summed E-state index contributed by atoms with van der Waals surface area (Å²) < 4.78 is 13.3. The smallest absolute Gasteiger partial charge is 0.179 e. The molecule has 1 aromatic heterocycles. The fourth-order valence-corrected chi connectivity index (χ4v) is 3.32. The van der Waals surface area contributed by atoms with Crippen LogP contribution in [0.25, 0.3) is 10.9 Å². The number of fused-ring (bicyclic) bond motifs is 2. The highest BCUT2D eigenvalue weighted by atomic mass is 35.5. The Morgan fingerprint density at radius 2 is 1.96 bits per heavy atom. The van der Waals surface area contributed by atoms with Crippen molar-refractivity contribution in [3.8, 4) is 11.5 Å². The number of hydrogen-bond acceptors (Lipinski definition) is 4. The summed E-state index contributed by atoms with van der Waals surface area (Å²) >= 11 is 6.34. The van der Waals surface area contributed by atoms with Crippen molar-refractivity contribution in [1.82, 2.24) is 15.1 Å². The fourth-order valence-electron chi connectivity index (χ4n) is 3.04. The monoisotopic (exact) mass is 357 g/mol. The van der Waals surface area contributed by atoms with Crippen molar-refractivity contribution in [1.29, 1.82) is 0 Å². The first-order valence-corrected chi connectivity index (χ1v) is 8.78. The normalized spacial score (nSPS) is 13.8. The summed E-state index contributed by atoms with van der Waals surface area (Å²) in [6, 6.07) is 10.3. The van der Waals surface area contributed by atoms with Crippen LogP contribution in [0.4, 0.5) is 0 Å². The third-order valence-corrected chi connectivity index (χ3v) is 4.61. The van der Waals surface area contributed by atoms with E-state index in [-0.39, 0.29) is 0 Å². The quantitative estimate of drug-likeness (QED) is 0.773. The Morgan fingerprint density at radius 3 is 2.88 bits per heavy atom. The van der Waals surface area contributed by atoms with Gasteiger partial charge >= 0.3 is 0 Å². The second kappa shape index (κ2) is 6.94. The number of benzene rings is 2. The Labute approximate surface area is 151 Å². The Bertz CT molecular complexity index is 907. The van der Waals surface area contributed by atoms with E-state index in [1.165, 1.54) is 5.56 Å². The zero-order valence-electron chi connectivity index (χ0n) is 14.1. The van der Waals surface area contributed by atoms with E-state index < -0.39 is 0 Å². The standard InChI is InChI=1S/C19H20ClN3O2/c1-23-17-8-13(3-4-15(17)12-22-23)10-21-11-14-7-16(20)19-18(9-14)24-5-2-6-25-19/h3-4,7-9,12,21H,2,5-6,10-11H2,1H3. The molecule has 5 nitrogen and oxygen atoms in total. The van der Waals surface area contributed by atoms with Crippen molar-refractivity contribution in [2.45, 2.75) is 19.5 Å². The Balaban J connectivity index is 1.45. The van der Waals surface area contributed by atoms with E-state index in [1.54, 1.807) is 0 Å². The molecule has 25 heavy (non-hydrogen) atoms. The average Bonchev–Trinajstić information content (AvgIpc) is 2.82. The molecule has 1 N–H and O–H groups in total. The van der Waals surface area contributed by atoms with Crippen LogP contribution in [-0.4, -0.2) is 23.0 Å². The van der Waals surface area contributed by atoms with E-state index in [0.717, 1.165) is 35.2 Å². The Morgan fingerprint density at radius 1 is 1.12 bits per heavy atom. The van der Waals surface area contributed by atoms with Crippen LogP contribution in [0.1, 0.15) is 17.5 Å². The van der Waals surface area contributed by atoms with Gasteiger partial charge in [-0.05, 0) is 29.3 Å². The van der Waals surface area contributed by atoms with E-state index in [9.17, 15) is 0 Å². The molecule has 0 spiro atoms. The second-order valence-corrected chi connectivity index (χ2v) is 6.63. The number of nitrogens with zero attached hydrogens (tertiary/aromatic N) is 2. The zero-order chi connectivity index (χ0) is 17.2. The molecule has 6 heteroatoms. The van der Waals surface area contributed by atoms with Crippen molar-refractivity contribution in [2.75, 3.05) is 13.2 Å². The van der Waals surface area contributed by atoms with Crippen LogP contribution < -0.4 is 14.8 Å². The second-order valence-electron chi connectivity index (χ2n) is 6.22. The molecule has 1 aliphatic heterocycles. The maximum Gasteiger partial charge on any atom is 0.179 e. The lowest BCUT2D eigenvalue weighted by Crippen LogP contribution is -2.13. The molecule has 0 fully saturated rings. The summed E-state index contributed by atoms with van der Waals surface area (Å²) in [7, 11) is 1.96. The van der Waals surface area contributed by atoms with Gasteiger partial charge in [-0.2, -0.15) is 5.10 Å². The molecular weight excluding hydrogens is 338 g/mol. The van der Waals surface area contributed by atoms with E-state index >= 15 is 0 Å². The van der Waals surface area contributed by atoms with Gasteiger partial charge in [-0.15, -0.1) is 0 Å². The minimum Gasteiger partial charge on any atom is -0.489 e. The number of halogens is 1. The summed E-state index contributed by atoms with van der Waals surface area (Å²) in [5.41, 5.74) is 3.44. The van der Waals surface area contributed by atoms with Gasteiger partial charge in [0.05, 0.1) is 29.9 Å². The van der Waals surface area contributed by atoms with Gasteiger partial charge in [-0.3, -0.25) is 4.68 Å². The first-order chi connectivity index (χ1) is 12.2. The van der Waals surface area contributed by atoms with Crippen molar-refractivity contribution in [2.24, 2.45) is 7.05 Å². The number of ether oxygens (including phenoxy) is 2. The molecule has 0 unspecified atom stereocenters. The van der Waals surface area contributed by atoms with Crippen molar-refractivity contribution in [3.63, 3.8) is 0 Å². The number of rotatable bonds is 4. The number of aromatic nitrogens is 2. The van der Waals surface area contributed by atoms with Gasteiger partial charge in [0.1, 0.15) is 0 Å². The van der Waals surface area contributed by atoms with Crippen LogP contribution in [0.15, 0.2) is 36.5 Å². The summed E-state index contributed by atoms with van der Waals surface area (Å²) in [5, 5.41) is 9.50. The SMILES string of the molecule is Cn1ncc2ccc(CNCc3cc(Cl)c4c(c3)OCCCO4)cc21. The van der Waals surface area contributed by atoms with E-state index in [0.29, 0.717) is 30.5 Å². The molecule has 0 saturated carbocycles. The van der Waals surface area contributed by atoms with Crippen molar-refractivity contribution >= 4 is 22.5 Å². The summed E-state index contributed by atoms with van der Waals surface area (Å²) in [6.07, 6.45) is 2.75. The van der Waals surface area contributed by atoms with Gasteiger partial charge in [0, 0.05) is 31.9 Å². The number of hydrogen-bond donors (Lipinski definition) is 1. The van der Waals surface area contributed by atoms with E-state index in [4.69, 9.17) is 21.1 Å². The lowest BCUT2D eigenvalue weighted by Gasteiger charge is -2.12. The summed E-state index contributed by atoms with van der Waals surface area (Å²) in [4.78, 5) is 0. The minimum absolute atomic E-state index is 0.604. The van der Waals surface area contributed by atoms with Gasteiger partial charge < -0.3 is 14.8 Å². The molecular formula is C19H20ClN3O2.